The van der Waals surface area contributed by atoms with Crippen LogP contribution >= 0.6 is 0 Å². The molecule has 10 nitrogen and oxygen atoms in total. The van der Waals surface area contributed by atoms with E-state index in [0.29, 0.717) is 60.8 Å². The van der Waals surface area contributed by atoms with Crippen LogP contribution in [0.3, 0.4) is 0 Å². The van der Waals surface area contributed by atoms with Crippen LogP contribution < -0.4 is 15.5 Å². The summed E-state index contributed by atoms with van der Waals surface area (Å²) in [5, 5.41) is 5.68. The van der Waals surface area contributed by atoms with E-state index in [1.165, 1.54) is 0 Å². The average molecular weight is 564 g/mol. The number of likely N-dealkylation sites (tertiary alicyclic amines) is 1. The number of hydrogen-bond donors (Lipinski definition) is 2. The Bertz CT molecular complexity index is 1550. The fraction of sp³-hybridized carbons (Fsp3) is 0.281. The molecule has 0 radical (unpaired) electrons. The molecule has 0 bridgehead atoms. The molecule has 0 saturated carbocycles. The van der Waals surface area contributed by atoms with Crippen molar-refractivity contribution in [3.05, 3.63) is 83.9 Å². The highest BCUT2D eigenvalue weighted by Gasteiger charge is 2.20. The predicted molar refractivity (Wildman–Crippen MR) is 163 cm³/mol. The summed E-state index contributed by atoms with van der Waals surface area (Å²) in [7, 11) is 0. The van der Waals surface area contributed by atoms with Gasteiger partial charge in [-0.25, -0.2) is 9.78 Å². The Labute approximate surface area is 244 Å². The number of benzene rings is 3. The summed E-state index contributed by atoms with van der Waals surface area (Å²) in [5.41, 5.74) is 4.74. The van der Waals surface area contributed by atoms with E-state index in [1.54, 1.807) is 24.3 Å². The summed E-state index contributed by atoms with van der Waals surface area (Å²) in [6.07, 6.45) is 2.10. The van der Waals surface area contributed by atoms with Gasteiger partial charge in [0.05, 0.1) is 13.2 Å². The van der Waals surface area contributed by atoms with E-state index in [2.05, 4.69) is 15.5 Å². The lowest BCUT2D eigenvalue weighted by molar-refractivity contribution is 0.0793. The fourth-order valence-corrected chi connectivity index (χ4v) is 5.03. The van der Waals surface area contributed by atoms with Gasteiger partial charge in [-0.05, 0) is 68.3 Å². The van der Waals surface area contributed by atoms with E-state index in [0.717, 1.165) is 42.6 Å². The molecule has 10 heteroatoms. The van der Waals surface area contributed by atoms with Crippen molar-refractivity contribution in [3.63, 3.8) is 0 Å². The molecular formula is C32H33N7O3. The summed E-state index contributed by atoms with van der Waals surface area (Å²) < 4.78 is 5.51. The molecule has 2 N–H and O–H groups in total. The smallest absolute Gasteiger partial charge is 0.323 e. The second kappa shape index (κ2) is 12.4. The molecule has 2 aliphatic heterocycles. The first-order valence-electron chi connectivity index (χ1n) is 14.3. The summed E-state index contributed by atoms with van der Waals surface area (Å²) in [6.45, 7) is 6.34. The Hall–Kier alpha value is -4.83. The van der Waals surface area contributed by atoms with E-state index in [9.17, 15) is 9.59 Å². The van der Waals surface area contributed by atoms with Gasteiger partial charge in [-0.3, -0.25) is 4.79 Å². The zero-order valence-corrected chi connectivity index (χ0v) is 23.5. The quantitative estimate of drug-likeness (QED) is 0.330. The number of ether oxygens (including phenoxy) is 1. The largest absolute Gasteiger partial charge is 0.378 e. The van der Waals surface area contributed by atoms with Crippen molar-refractivity contribution in [1.82, 2.24) is 19.9 Å². The van der Waals surface area contributed by atoms with Crippen LogP contribution in [-0.2, 0) is 4.74 Å². The first kappa shape index (κ1) is 27.3. The number of carbonyl (C=O) groups excluding carboxylic acids is 2. The van der Waals surface area contributed by atoms with Gasteiger partial charge in [0.25, 0.3) is 5.91 Å². The summed E-state index contributed by atoms with van der Waals surface area (Å²) in [5.74, 6) is 1.82. The van der Waals surface area contributed by atoms with E-state index in [-0.39, 0.29) is 11.9 Å². The van der Waals surface area contributed by atoms with Crippen LogP contribution in [0.15, 0.2) is 72.8 Å². The topological polar surface area (TPSA) is 113 Å². The Morgan fingerprint density at radius 1 is 0.690 bits per heavy atom. The van der Waals surface area contributed by atoms with Crippen LogP contribution in [0.1, 0.15) is 28.8 Å². The molecule has 3 heterocycles. The van der Waals surface area contributed by atoms with Crippen molar-refractivity contribution in [2.75, 3.05) is 54.9 Å². The van der Waals surface area contributed by atoms with E-state index in [1.807, 2.05) is 60.4 Å². The number of aromatic nitrogens is 3. The number of urea groups is 1. The first-order valence-corrected chi connectivity index (χ1v) is 14.3. The van der Waals surface area contributed by atoms with Gasteiger partial charge in [0.15, 0.2) is 11.6 Å². The number of aryl methyl sites for hydroxylation is 1. The molecule has 6 rings (SSSR count). The van der Waals surface area contributed by atoms with Gasteiger partial charge in [-0.2, -0.15) is 9.97 Å². The third-order valence-corrected chi connectivity index (χ3v) is 7.41. The number of anilines is 3. The lowest BCUT2D eigenvalue weighted by Crippen LogP contribution is -2.37. The Morgan fingerprint density at radius 2 is 1.21 bits per heavy atom. The van der Waals surface area contributed by atoms with Gasteiger partial charge in [-0.1, -0.05) is 29.8 Å². The molecule has 42 heavy (non-hydrogen) atoms. The minimum absolute atomic E-state index is 0.0322. The fourth-order valence-electron chi connectivity index (χ4n) is 5.03. The van der Waals surface area contributed by atoms with Crippen molar-refractivity contribution >= 4 is 29.3 Å². The van der Waals surface area contributed by atoms with Gasteiger partial charge in [0.2, 0.25) is 5.95 Å². The van der Waals surface area contributed by atoms with Crippen molar-refractivity contribution in [2.45, 2.75) is 19.8 Å². The molecule has 2 fully saturated rings. The Kier molecular flexibility index (Phi) is 8.05. The Balaban J connectivity index is 1.15. The lowest BCUT2D eigenvalue weighted by Gasteiger charge is -2.27. The number of morpholine rings is 1. The van der Waals surface area contributed by atoms with E-state index < -0.39 is 0 Å². The molecule has 0 aliphatic carbocycles. The lowest BCUT2D eigenvalue weighted by atomic mass is 10.1. The van der Waals surface area contributed by atoms with Crippen LogP contribution in [0.4, 0.5) is 22.1 Å². The number of carbonyl (C=O) groups is 2. The second-order valence-electron chi connectivity index (χ2n) is 10.5. The molecule has 214 valence electrons. The number of nitrogens with zero attached hydrogens (tertiary/aromatic N) is 5. The van der Waals surface area contributed by atoms with Crippen LogP contribution in [0.25, 0.3) is 22.8 Å². The molecule has 3 aromatic carbocycles. The van der Waals surface area contributed by atoms with Gasteiger partial charge >= 0.3 is 6.03 Å². The summed E-state index contributed by atoms with van der Waals surface area (Å²) in [6, 6.07) is 22.1. The van der Waals surface area contributed by atoms with Gasteiger partial charge in [0, 0.05) is 54.2 Å². The monoisotopic (exact) mass is 563 g/mol. The number of amides is 3. The van der Waals surface area contributed by atoms with E-state index in [4.69, 9.17) is 19.7 Å². The SMILES string of the molecule is Cc1ccc(-c2nc(-c3ccc(NC(=O)Nc4ccc(C(=O)N5CCCC5)cc4)cc3)nc(N3CCOCC3)n2)cc1. The molecule has 0 unspecified atom stereocenters. The van der Waals surface area contributed by atoms with Crippen molar-refractivity contribution < 1.29 is 14.3 Å². The zero-order chi connectivity index (χ0) is 28.9. The number of rotatable bonds is 6. The molecule has 4 aromatic rings. The van der Waals surface area contributed by atoms with Crippen LogP contribution in [0.2, 0.25) is 0 Å². The Morgan fingerprint density at radius 3 is 1.79 bits per heavy atom. The average Bonchev–Trinajstić information content (AvgIpc) is 3.57. The minimum Gasteiger partial charge on any atom is -0.378 e. The maximum atomic E-state index is 12.7. The first-order chi connectivity index (χ1) is 20.5. The minimum atomic E-state index is -0.377. The van der Waals surface area contributed by atoms with Crippen LogP contribution in [0, 0.1) is 6.92 Å². The van der Waals surface area contributed by atoms with Gasteiger partial charge in [0.1, 0.15) is 0 Å². The molecular weight excluding hydrogens is 530 g/mol. The highest BCUT2D eigenvalue weighted by atomic mass is 16.5. The maximum Gasteiger partial charge on any atom is 0.323 e. The van der Waals surface area contributed by atoms with Crippen molar-refractivity contribution in [2.24, 2.45) is 0 Å². The summed E-state index contributed by atoms with van der Waals surface area (Å²) >= 11 is 0. The van der Waals surface area contributed by atoms with Gasteiger partial charge in [-0.15, -0.1) is 0 Å². The molecule has 1 aromatic heterocycles. The van der Waals surface area contributed by atoms with Crippen molar-refractivity contribution in [1.29, 1.82) is 0 Å². The molecule has 0 spiro atoms. The highest BCUT2D eigenvalue weighted by molar-refractivity contribution is 6.00. The van der Waals surface area contributed by atoms with Crippen LogP contribution in [0.5, 0.6) is 0 Å². The molecule has 2 aliphatic rings. The van der Waals surface area contributed by atoms with Crippen molar-refractivity contribution in [3.8, 4) is 22.8 Å². The third-order valence-electron chi connectivity index (χ3n) is 7.41. The van der Waals surface area contributed by atoms with E-state index >= 15 is 0 Å². The third kappa shape index (κ3) is 6.39. The van der Waals surface area contributed by atoms with Gasteiger partial charge < -0.3 is 25.2 Å². The molecule has 3 amide bonds. The second-order valence-corrected chi connectivity index (χ2v) is 10.5. The highest BCUT2D eigenvalue weighted by Crippen LogP contribution is 2.25. The van der Waals surface area contributed by atoms with Crippen LogP contribution in [-0.4, -0.2) is 71.2 Å². The standard InChI is InChI=1S/C32H33N7O3/c1-22-4-6-23(7-5-22)28-35-29(37-31(36-28)39-18-20-42-21-19-39)24-8-12-26(13-9-24)33-32(41)34-27-14-10-25(11-15-27)30(40)38-16-2-3-17-38/h4-15H,2-3,16-21H2,1H3,(H2,33,34,41). The summed E-state index contributed by atoms with van der Waals surface area (Å²) in [4.78, 5) is 43.5. The zero-order valence-electron chi connectivity index (χ0n) is 23.5. The molecule has 0 atom stereocenters. The predicted octanol–water partition coefficient (Wildman–Crippen LogP) is 5.23. The normalized spacial score (nSPS) is 15.0. The molecule has 2 saturated heterocycles. The number of nitrogens with one attached hydrogen (secondary N) is 2. The number of hydrogen-bond acceptors (Lipinski definition) is 7. The maximum absolute atomic E-state index is 12.7.